The van der Waals surface area contributed by atoms with E-state index in [9.17, 15) is 5.11 Å². The van der Waals surface area contributed by atoms with Gasteiger partial charge >= 0.3 is 0 Å². The molecule has 3 rings (SSSR count). The molecule has 1 aromatic carbocycles. The first-order chi connectivity index (χ1) is 14.7. The Labute approximate surface area is 199 Å². The van der Waals surface area contributed by atoms with Crippen LogP contribution in [0, 0.1) is 11.3 Å². The van der Waals surface area contributed by atoms with Crippen molar-refractivity contribution in [1.29, 1.82) is 0 Å². The Morgan fingerprint density at radius 3 is 2.00 bits per heavy atom. The van der Waals surface area contributed by atoms with Crippen LogP contribution in [-0.4, -0.2) is 13.4 Å². The standard InChI is InChI=1S/C29H50O2Si/c1-18(2)26-24(31-32(19(3)4,20(5)6)21(7)8)17-23-22(27(26)30)13-14-25-28(9,10)15-12-16-29(23,25)11/h17-21,25,30H,12-16H2,1-11H3/t25-,29+/m0/s1. The number of fused-ring (bicyclic) bond motifs is 3. The van der Waals surface area contributed by atoms with Gasteiger partial charge in [-0.05, 0) is 82.2 Å². The molecule has 182 valence electrons. The number of hydrogen-bond donors (Lipinski definition) is 1. The minimum atomic E-state index is -2.12. The van der Waals surface area contributed by atoms with E-state index >= 15 is 0 Å². The summed E-state index contributed by atoms with van der Waals surface area (Å²) in [6.45, 7) is 25.9. The van der Waals surface area contributed by atoms with Crippen molar-refractivity contribution in [3.8, 4) is 11.5 Å². The van der Waals surface area contributed by atoms with Gasteiger partial charge in [-0.1, -0.05) is 82.6 Å². The molecule has 0 aromatic heterocycles. The molecule has 0 radical (unpaired) electrons. The Bertz CT molecular complexity index is 814. The van der Waals surface area contributed by atoms with Crippen molar-refractivity contribution in [2.75, 3.05) is 0 Å². The van der Waals surface area contributed by atoms with Gasteiger partial charge in [0.25, 0.3) is 8.32 Å². The average Bonchev–Trinajstić information content (AvgIpc) is 2.64. The number of phenolic OH excluding ortho intramolecular Hbond substituents is 1. The van der Waals surface area contributed by atoms with Gasteiger partial charge < -0.3 is 9.53 Å². The second kappa shape index (κ2) is 8.67. The zero-order valence-electron chi connectivity index (χ0n) is 22.9. The lowest BCUT2D eigenvalue weighted by Crippen LogP contribution is -2.51. The van der Waals surface area contributed by atoms with Gasteiger partial charge in [0.2, 0.25) is 0 Å². The van der Waals surface area contributed by atoms with E-state index in [1.54, 1.807) is 0 Å². The van der Waals surface area contributed by atoms with Gasteiger partial charge in [0.05, 0.1) is 0 Å². The van der Waals surface area contributed by atoms with E-state index in [1.165, 1.54) is 36.8 Å². The van der Waals surface area contributed by atoms with E-state index in [0.29, 0.717) is 33.7 Å². The maximum atomic E-state index is 11.7. The molecule has 1 aromatic rings. The van der Waals surface area contributed by atoms with Crippen molar-refractivity contribution >= 4 is 8.32 Å². The quantitative estimate of drug-likeness (QED) is 0.431. The normalized spacial score (nSPS) is 25.4. The first-order valence-electron chi connectivity index (χ1n) is 13.3. The monoisotopic (exact) mass is 458 g/mol. The van der Waals surface area contributed by atoms with Crippen molar-refractivity contribution in [2.45, 2.75) is 136 Å². The van der Waals surface area contributed by atoms with Crippen LogP contribution in [-0.2, 0) is 11.8 Å². The number of phenols is 1. The van der Waals surface area contributed by atoms with Crippen LogP contribution in [0.2, 0.25) is 16.6 Å². The van der Waals surface area contributed by atoms with E-state index in [4.69, 9.17) is 4.43 Å². The maximum absolute atomic E-state index is 11.7. The molecule has 2 nitrogen and oxygen atoms in total. The lowest BCUT2D eigenvalue weighted by molar-refractivity contribution is 0.0401. The molecule has 0 heterocycles. The first-order valence-corrected chi connectivity index (χ1v) is 15.4. The van der Waals surface area contributed by atoms with Crippen LogP contribution in [0.1, 0.15) is 124 Å². The fourth-order valence-electron chi connectivity index (χ4n) is 8.09. The third-order valence-electron chi connectivity index (χ3n) is 9.51. The molecular weight excluding hydrogens is 408 g/mol. The summed E-state index contributed by atoms with van der Waals surface area (Å²) in [4.78, 5) is 0. The Morgan fingerprint density at radius 1 is 0.938 bits per heavy atom. The summed E-state index contributed by atoms with van der Waals surface area (Å²) >= 11 is 0. The molecule has 2 aliphatic carbocycles. The highest BCUT2D eigenvalue weighted by Crippen LogP contribution is 2.60. The summed E-state index contributed by atoms with van der Waals surface area (Å²) in [6, 6.07) is 2.41. The van der Waals surface area contributed by atoms with Crippen LogP contribution in [0.3, 0.4) is 0 Å². The molecular formula is C29H50O2Si. The predicted molar refractivity (Wildman–Crippen MR) is 141 cm³/mol. The average molecular weight is 459 g/mol. The van der Waals surface area contributed by atoms with E-state index in [2.05, 4.69) is 82.2 Å². The molecule has 0 saturated heterocycles. The Morgan fingerprint density at radius 2 is 1.50 bits per heavy atom. The van der Waals surface area contributed by atoms with Crippen LogP contribution < -0.4 is 4.43 Å². The second-order valence-corrected chi connectivity index (χ2v) is 18.5. The maximum Gasteiger partial charge on any atom is 0.258 e. The highest BCUT2D eigenvalue weighted by Gasteiger charge is 2.52. The summed E-state index contributed by atoms with van der Waals surface area (Å²) < 4.78 is 7.28. The lowest BCUT2D eigenvalue weighted by atomic mass is 9.50. The van der Waals surface area contributed by atoms with E-state index < -0.39 is 8.32 Å². The van der Waals surface area contributed by atoms with Crippen molar-refractivity contribution in [2.24, 2.45) is 11.3 Å². The first kappa shape index (κ1) is 25.7. The van der Waals surface area contributed by atoms with Gasteiger partial charge in [-0.2, -0.15) is 0 Å². The molecule has 1 fully saturated rings. The van der Waals surface area contributed by atoms with Gasteiger partial charge in [-0.25, -0.2) is 0 Å². The highest BCUT2D eigenvalue weighted by molar-refractivity contribution is 6.78. The summed E-state index contributed by atoms with van der Waals surface area (Å²) in [7, 11) is -2.12. The van der Waals surface area contributed by atoms with E-state index in [0.717, 1.165) is 17.7 Å². The molecule has 2 atom stereocenters. The molecule has 0 amide bonds. The molecule has 3 heteroatoms. The Balaban J connectivity index is 2.25. The molecule has 1 N–H and O–H groups in total. The third-order valence-corrected chi connectivity index (χ3v) is 15.5. The van der Waals surface area contributed by atoms with Gasteiger partial charge in [-0.3, -0.25) is 0 Å². The zero-order valence-corrected chi connectivity index (χ0v) is 23.9. The largest absolute Gasteiger partial charge is 0.542 e. The van der Waals surface area contributed by atoms with Gasteiger partial charge in [0.15, 0.2) is 0 Å². The van der Waals surface area contributed by atoms with Crippen LogP contribution in [0.4, 0.5) is 0 Å². The minimum absolute atomic E-state index is 0.123. The fourth-order valence-corrected chi connectivity index (χ4v) is 13.4. The van der Waals surface area contributed by atoms with Crippen molar-refractivity contribution in [3.05, 3.63) is 22.8 Å². The Hall–Kier alpha value is -0.963. The van der Waals surface area contributed by atoms with Crippen LogP contribution >= 0.6 is 0 Å². The zero-order chi connectivity index (χ0) is 24.2. The molecule has 0 aliphatic heterocycles. The summed E-state index contributed by atoms with van der Waals surface area (Å²) in [6.07, 6.45) is 5.97. The number of hydrogen-bond acceptors (Lipinski definition) is 2. The highest BCUT2D eigenvalue weighted by atomic mass is 28.4. The number of benzene rings is 1. The number of aromatic hydroxyl groups is 1. The second-order valence-electron chi connectivity index (χ2n) is 13.1. The smallest absolute Gasteiger partial charge is 0.258 e. The van der Waals surface area contributed by atoms with Crippen molar-refractivity contribution in [3.63, 3.8) is 0 Å². The molecule has 1 saturated carbocycles. The van der Waals surface area contributed by atoms with Crippen LogP contribution in [0.5, 0.6) is 11.5 Å². The summed E-state index contributed by atoms with van der Waals surface area (Å²) in [5.74, 6) is 2.43. The Kier molecular flexibility index (Phi) is 6.95. The van der Waals surface area contributed by atoms with E-state index in [1.807, 2.05) is 0 Å². The topological polar surface area (TPSA) is 29.5 Å². The van der Waals surface area contributed by atoms with Crippen LogP contribution in [0.25, 0.3) is 0 Å². The molecule has 0 bridgehead atoms. The van der Waals surface area contributed by atoms with Gasteiger partial charge in [0, 0.05) is 5.56 Å². The van der Waals surface area contributed by atoms with Crippen molar-refractivity contribution in [1.82, 2.24) is 0 Å². The summed E-state index contributed by atoms with van der Waals surface area (Å²) in [5.41, 5.74) is 5.65. The fraction of sp³-hybridized carbons (Fsp3) is 0.793. The van der Waals surface area contributed by atoms with E-state index in [-0.39, 0.29) is 11.3 Å². The molecule has 0 unspecified atom stereocenters. The number of rotatable bonds is 6. The molecule has 32 heavy (non-hydrogen) atoms. The minimum Gasteiger partial charge on any atom is -0.542 e. The van der Waals surface area contributed by atoms with Crippen LogP contribution in [0.15, 0.2) is 6.07 Å². The SMILES string of the molecule is CC(C)c1c(O[Si](C(C)C)(C(C)C)C(C)C)cc2c(c1O)CC[C@H]1C(C)(C)CCC[C@]21C. The van der Waals surface area contributed by atoms with Gasteiger partial charge in [0.1, 0.15) is 11.5 Å². The van der Waals surface area contributed by atoms with Crippen molar-refractivity contribution < 1.29 is 9.53 Å². The molecule has 2 aliphatic rings. The third kappa shape index (κ3) is 3.85. The van der Waals surface area contributed by atoms with Gasteiger partial charge in [-0.15, -0.1) is 0 Å². The predicted octanol–water partition coefficient (Wildman–Crippen LogP) is 9.10. The molecule has 0 spiro atoms. The summed E-state index contributed by atoms with van der Waals surface area (Å²) in [5, 5.41) is 11.7. The lowest BCUT2D eigenvalue weighted by Gasteiger charge is -2.54.